The number of fused-ring (bicyclic) bond motifs is 1. The number of unbranched alkanes of at least 4 members (excludes halogenated alkanes) is 3. The molecular weight excluding hydrogens is 324 g/mol. The average molecular weight is 345 g/mol. The number of ether oxygens (including phenoxy) is 2. The third kappa shape index (κ3) is 2.49. The van der Waals surface area contributed by atoms with Crippen molar-refractivity contribution in [2.75, 3.05) is 19.8 Å². The van der Waals surface area contributed by atoms with E-state index >= 15 is 0 Å². The van der Waals surface area contributed by atoms with E-state index in [0.717, 1.165) is 36.6 Å². The lowest BCUT2D eigenvalue weighted by Gasteiger charge is -2.42. The van der Waals surface area contributed by atoms with Crippen molar-refractivity contribution in [1.29, 1.82) is 0 Å². The second kappa shape index (κ2) is 5.87. The molecular formula is C15H21BrO4. The Morgan fingerprint density at radius 1 is 1.40 bits per heavy atom. The van der Waals surface area contributed by atoms with Crippen molar-refractivity contribution < 1.29 is 19.4 Å². The van der Waals surface area contributed by atoms with E-state index in [2.05, 4.69) is 15.9 Å². The normalized spacial score (nSPS) is 38.4. The molecule has 0 aromatic rings. The molecule has 1 spiro atoms. The van der Waals surface area contributed by atoms with E-state index in [0.29, 0.717) is 13.2 Å². The number of aliphatic hydroxyl groups excluding tert-OH is 1. The maximum atomic E-state index is 12.4. The SMILES string of the molecule is O=C1C2C=C(Br)C(CC2OCCCCCCO)[C@]12CO2. The Labute approximate surface area is 127 Å². The van der Waals surface area contributed by atoms with Gasteiger partial charge >= 0.3 is 0 Å². The van der Waals surface area contributed by atoms with Crippen LogP contribution in [0.5, 0.6) is 0 Å². The number of hydrogen-bond acceptors (Lipinski definition) is 4. The van der Waals surface area contributed by atoms with Crippen LogP contribution in [0.25, 0.3) is 0 Å². The molecule has 1 aliphatic heterocycles. The first-order valence-electron chi connectivity index (χ1n) is 7.47. The summed E-state index contributed by atoms with van der Waals surface area (Å²) in [5.74, 6) is 0.218. The maximum Gasteiger partial charge on any atom is 0.177 e. The molecule has 1 saturated carbocycles. The molecule has 0 aromatic carbocycles. The molecule has 2 fully saturated rings. The first-order chi connectivity index (χ1) is 9.69. The lowest BCUT2D eigenvalue weighted by atomic mass is 9.66. The minimum Gasteiger partial charge on any atom is -0.396 e. The molecule has 4 atom stereocenters. The van der Waals surface area contributed by atoms with Gasteiger partial charge in [-0.05, 0) is 23.7 Å². The van der Waals surface area contributed by atoms with Crippen molar-refractivity contribution in [3.8, 4) is 0 Å². The van der Waals surface area contributed by atoms with Gasteiger partial charge in [0.15, 0.2) is 11.4 Å². The van der Waals surface area contributed by atoms with E-state index in [4.69, 9.17) is 14.6 Å². The predicted octanol–water partition coefficient (Wildman–Crippen LogP) is 2.19. The average Bonchev–Trinajstić information content (AvgIpc) is 3.22. The second-order valence-corrected chi connectivity index (χ2v) is 6.87. The Morgan fingerprint density at radius 2 is 2.15 bits per heavy atom. The topological polar surface area (TPSA) is 59.1 Å². The fraction of sp³-hybridized carbons (Fsp3) is 0.800. The number of halogens is 1. The van der Waals surface area contributed by atoms with Crippen LogP contribution in [-0.2, 0) is 14.3 Å². The smallest absolute Gasteiger partial charge is 0.177 e. The van der Waals surface area contributed by atoms with Gasteiger partial charge < -0.3 is 14.6 Å². The maximum absolute atomic E-state index is 12.4. The van der Waals surface area contributed by atoms with Gasteiger partial charge in [0.1, 0.15) is 0 Å². The summed E-state index contributed by atoms with van der Waals surface area (Å²) in [6.45, 7) is 1.54. The number of rotatable bonds is 7. The molecule has 4 nitrogen and oxygen atoms in total. The molecule has 1 heterocycles. The van der Waals surface area contributed by atoms with Gasteiger partial charge in [-0.2, -0.15) is 0 Å². The molecule has 5 heteroatoms. The largest absolute Gasteiger partial charge is 0.396 e. The van der Waals surface area contributed by atoms with Crippen LogP contribution in [0.1, 0.15) is 32.1 Å². The summed E-state index contributed by atoms with van der Waals surface area (Å²) in [4.78, 5) is 12.4. The molecule has 0 amide bonds. The van der Waals surface area contributed by atoms with Gasteiger partial charge in [-0.15, -0.1) is 0 Å². The molecule has 3 unspecified atom stereocenters. The molecule has 0 aromatic heterocycles. The molecule has 1 saturated heterocycles. The highest BCUT2D eigenvalue weighted by atomic mass is 79.9. The third-order valence-corrected chi connectivity index (χ3v) is 5.48. The van der Waals surface area contributed by atoms with Crippen molar-refractivity contribution >= 4 is 21.7 Å². The summed E-state index contributed by atoms with van der Waals surface area (Å²) in [6, 6.07) is 0. The molecule has 4 aliphatic rings. The lowest BCUT2D eigenvalue weighted by Crippen LogP contribution is -2.53. The summed E-state index contributed by atoms with van der Waals surface area (Å²) >= 11 is 3.58. The molecule has 1 N–H and O–H groups in total. The van der Waals surface area contributed by atoms with Gasteiger partial charge in [-0.25, -0.2) is 0 Å². The van der Waals surface area contributed by atoms with Crippen LogP contribution >= 0.6 is 15.9 Å². The van der Waals surface area contributed by atoms with Gasteiger partial charge in [-0.3, -0.25) is 4.79 Å². The van der Waals surface area contributed by atoms with Crippen LogP contribution in [0.2, 0.25) is 0 Å². The van der Waals surface area contributed by atoms with E-state index in [-0.39, 0.29) is 30.3 Å². The zero-order valence-corrected chi connectivity index (χ0v) is 13.1. The molecule has 20 heavy (non-hydrogen) atoms. The first-order valence-corrected chi connectivity index (χ1v) is 8.26. The van der Waals surface area contributed by atoms with Crippen LogP contribution < -0.4 is 0 Å². The zero-order valence-electron chi connectivity index (χ0n) is 11.5. The minimum absolute atomic E-state index is 0.0152. The number of epoxide rings is 1. The highest BCUT2D eigenvalue weighted by Gasteiger charge is 2.66. The van der Waals surface area contributed by atoms with Crippen LogP contribution in [-0.4, -0.2) is 42.4 Å². The summed E-state index contributed by atoms with van der Waals surface area (Å²) in [5, 5.41) is 8.72. The van der Waals surface area contributed by atoms with E-state index < -0.39 is 5.60 Å². The van der Waals surface area contributed by atoms with Crippen LogP contribution in [0.15, 0.2) is 10.6 Å². The number of aliphatic hydroxyl groups is 1. The van der Waals surface area contributed by atoms with Gasteiger partial charge in [0, 0.05) is 19.1 Å². The number of carbonyl (C=O) groups excluding carboxylic acids is 1. The van der Waals surface area contributed by atoms with Gasteiger partial charge in [-0.1, -0.05) is 34.8 Å². The van der Waals surface area contributed by atoms with Crippen molar-refractivity contribution in [2.45, 2.75) is 43.8 Å². The monoisotopic (exact) mass is 344 g/mol. The molecule has 3 aliphatic carbocycles. The van der Waals surface area contributed by atoms with E-state index in [1.54, 1.807) is 0 Å². The summed E-state index contributed by atoms with van der Waals surface area (Å²) in [5.41, 5.74) is -0.515. The highest BCUT2D eigenvalue weighted by molar-refractivity contribution is 9.11. The fourth-order valence-corrected chi connectivity index (χ4v) is 4.23. The molecule has 112 valence electrons. The zero-order chi connectivity index (χ0) is 14.2. The Balaban J connectivity index is 1.50. The Bertz CT molecular complexity index is 416. The summed E-state index contributed by atoms with van der Waals surface area (Å²) < 4.78 is 12.5. The summed E-state index contributed by atoms with van der Waals surface area (Å²) in [7, 11) is 0. The molecule has 2 bridgehead atoms. The van der Waals surface area contributed by atoms with E-state index in [1.165, 1.54) is 0 Å². The van der Waals surface area contributed by atoms with Crippen LogP contribution in [0.3, 0.4) is 0 Å². The van der Waals surface area contributed by atoms with Crippen LogP contribution in [0, 0.1) is 11.8 Å². The Kier molecular flexibility index (Phi) is 4.32. The Morgan fingerprint density at radius 3 is 2.85 bits per heavy atom. The number of carbonyl (C=O) groups is 1. The first kappa shape index (κ1) is 14.7. The summed E-state index contributed by atoms with van der Waals surface area (Å²) in [6.07, 6.45) is 6.88. The third-order valence-electron chi connectivity index (χ3n) is 4.66. The van der Waals surface area contributed by atoms with Crippen molar-refractivity contribution in [2.24, 2.45) is 11.8 Å². The second-order valence-electron chi connectivity index (χ2n) is 5.96. The molecule has 4 rings (SSSR count). The fourth-order valence-electron chi connectivity index (χ4n) is 3.39. The van der Waals surface area contributed by atoms with Crippen molar-refractivity contribution in [3.63, 3.8) is 0 Å². The van der Waals surface area contributed by atoms with Gasteiger partial charge in [0.25, 0.3) is 0 Å². The molecule has 0 radical (unpaired) electrons. The predicted molar refractivity (Wildman–Crippen MR) is 77.6 cm³/mol. The van der Waals surface area contributed by atoms with Gasteiger partial charge in [0.05, 0.1) is 18.6 Å². The van der Waals surface area contributed by atoms with E-state index in [1.807, 2.05) is 6.08 Å². The number of hydrogen-bond donors (Lipinski definition) is 1. The number of Topliss-reactive ketones (excluding diaryl/α,β-unsaturated/α-hetero) is 1. The van der Waals surface area contributed by atoms with Crippen LogP contribution in [0.4, 0.5) is 0 Å². The quantitative estimate of drug-likeness (QED) is 0.568. The minimum atomic E-state index is -0.515. The Hall–Kier alpha value is -0.230. The number of ketones is 1. The standard InChI is InChI=1S/C15H21BrO4/c16-12-7-10-13(19-6-4-2-1-3-5-17)8-11(12)15(9-20-15)14(10)18/h7,10-11,13,17H,1-6,8-9H2/t10?,11?,13?,15-/m1/s1. The van der Waals surface area contributed by atoms with Crippen molar-refractivity contribution in [1.82, 2.24) is 0 Å². The van der Waals surface area contributed by atoms with E-state index in [9.17, 15) is 4.79 Å². The highest BCUT2D eigenvalue weighted by Crippen LogP contribution is 2.55. The lowest BCUT2D eigenvalue weighted by molar-refractivity contribution is -0.140. The van der Waals surface area contributed by atoms with Gasteiger partial charge in [0.2, 0.25) is 0 Å². The van der Waals surface area contributed by atoms with Crippen molar-refractivity contribution in [3.05, 3.63) is 10.6 Å².